The first-order valence-electron chi connectivity index (χ1n) is 12.8. The van der Waals surface area contributed by atoms with E-state index in [1.807, 2.05) is 41.9 Å². The molecule has 0 spiro atoms. The van der Waals surface area contributed by atoms with Crippen molar-refractivity contribution in [2.24, 2.45) is 4.99 Å². The highest BCUT2D eigenvalue weighted by molar-refractivity contribution is 5.74. The molecule has 5 heterocycles. The number of hydrogen-bond donors (Lipinski definition) is 0. The third kappa shape index (κ3) is 4.94. The van der Waals surface area contributed by atoms with Crippen LogP contribution in [0.4, 0.5) is 5.82 Å². The zero-order valence-electron chi connectivity index (χ0n) is 21.9. The van der Waals surface area contributed by atoms with Gasteiger partial charge in [-0.3, -0.25) is 9.67 Å². The maximum atomic E-state index is 4.63. The summed E-state index contributed by atoms with van der Waals surface area (Å²) >= 11 is 0. The molecule has 5 aromatic rings. The minimum Gasteiger partial charge on any atom is -0.326 e. The molecule has 0 N–H and O–H groups in total. The molecule has 190 valence electrons. The summed E-state index contributed by atoms with van der Waals surface area (Å²) in [5.41, 5.74) is 5.81. The van der Waals surface area contributed by atoms with E-state index < -0.39 is 0 Å². The fourth-order valence-electron chi connectivity index (χ4n) is 4.79. The highest BCUT2D eigenvalue weighted by atomic mass is 15.3. The van der Waals surface area contributed by atoms with Crippen molar-refractivity contribution in [1.29, 1.82) is 0 Å². The van der Waals surface area contributed by atoms with E-state index in [4.69, 9.17) is 0 Å². The van der Waals surface area contributed by atoms with E-state index in [1.54, 1.807) is 6.20 Å². The van der Waals surface area contributed by atoms with Crippen LogP contribution in [-0.4, -0.2) is 45.6 Å². The van der Waals surface area contributed by atoms with Crippen molar-refractivity contribution in [3.63, 3.8) is 0 Å². The number of aromatic nitrogens is 8. The molecule has 0 aromatic carbocycles. The van der Waals surface area contributed by atoms with Crippen molar-refractivity contribution < 1.29 is 0 Å². The van der Waals surface area contributed by atoms with Crippen LogP contribution in [0.15, 0.2) is 60.5 Å². The summed E-state index contributed by atoms with van der Waals surface area (Å²) in [7, 11) is 0. The molecule has 5 aromatic heterocycles. The predicted octanol–water partition coefficient (Wildman–Crippen LogP) is 6.14. The van der Waals surface area contributed by atoms with E-state index in [1.165, 1.54) is 0 Å². The molecule has 0 aliphatic rings. The smallest absolute Gasteiger partial charge is 0.177 e. The van der Waals surface area contributed by atoms with Crippen LogP contribution in [0.2, 0.25) is 0 Å². The molecule has 0 fully saturated rings. The van der Waals surface area contributed by atoms with Crippen LogP contribution in [0.3, 0.4) is 0 Å². The van der Waals surface area contributed by atoms with Crippen LogP contribution < -0.4 is 0 Å². The summed E-state index contributed by atoms with van der Waals surface area (Å²) in [6, 6.07) is 6.93. The van der Waals surface area contributed by atoms with Crippen molar-refractivity contribution in [3.05, 3.63) is 66.8 Å². The van der Waals surface area contributed by atoms with Gasteiger partial charge in [0.2, 0.25) is 0 Å². The number of aliphatic imine (C=N–C) groups is 1. The van der Waals surface area contributed by atoms with E-state index in [0.29, 0.717) is 6.04 Å². The third-order valence-corrected chi connectivity index (χ3v) is 6.80. The van der Waals surface area contributed by atoms with Crippen LogP contribution in [0.25, 0.3) is 28.3 Å². The Labute approximate surface area is 216 Å². The van der Waals surface area contributed by atoms with Crippen molar-refractivity contribution in [2.45, 2.75) is 65.1 Å². The Balaban J connectivity index is 1.25. The van der Waals surface area contributed by atoms with Gasteiger partial charge in [0.15, 0.2) is 11.5 Å². The summed E-state index contributed by atoms with van der Waals surface area (Å²) < 4.78 is 6.29. The van der Waals surface area contributed by atoms with E-state index in [9.17, 15) is 0 Å². The molecule has 0 saturated heterocycles. The van der Waals surface area contributed by atoms with Gasteiger partial charge in [-0.2, -0.15) is 5.10 Å². The largest absolute Gasteiger partial charge is 0.326 e. The van der Waals surface area contributed by atoms with Gasteiger partial charge in [0.05, 0.1) is 29.9 Å². The Hall–Kier alpha value is -4.14. The van der Waals surface area contributed by atoms with E-state index in [2.05, 4.69) is 91.8 Å². The van der Waals surface area contributed by atoms with Crippen LogP contribution in [0.1, 0.15) is 69.9 Å². The van der Waals surface area contributed by atoms with E-state index >= 15 is 0 Å². The summed E-state index contributed by atoms with van der Waals surface area (Å²) in [4.78, 5) is 22.3. The molecule has 37 heavy (non-hydrogen) atoms. The van der Waals surface area contributed by atoms with Gasteiger partial charge in [-0.1, -0.05) is 6.08 Å². The minimum absolute atomic E-state index is 0.146. The molecule has 0 bridgehead atoms. The van der Waals surface area contributed by atoms with Crippen LogP contribution >= 0.6 is 0 Å². The monoisotopic (exact) mass is 495 g/mol. The Morgan fingerprint density at radius 3 is 2.62 bits per heavy atom. The topological polar surface area (TPSA) is 91.6 Å². The van der Waals surface area contributed by atoms with Crippen molar-refractivity contribution in [3.8, 4) is 0 Å². The third-order valence-electron chi connectivity index (χ3n) is 6.80. The molecule has 2 atom stereocenters. The highest BCUT2D eigenvalue weighted by Crippen LogP contribution is 2.27. The molecule has 9 heteroatoms. The van der Waals surface area contributed by atoms with Gasteiger partial charge in [0, 0.05) is 30.5 Å². The van der Waals surface area contributed by atoms with Gasteiger partial charge in [-0.05, 0) is 83.5 Å². The molecular formula is C28H33N9. The summed E-state index contributed by atoms with van der Waals surface area (Å²) in [6.07, 6.45) is 16.2. The van der Waals surface area contributed by atoms with Crippen LogP contribution in [0, 0.1) is 0 Å². The first kappa shape index (κ1) is 24.5. The molecule has 0 radical (unpaired) electrons. The number of rotatable bonds is 10. The normalized spacial score (nSPS) is 13.8. The van der Waals surface area contributed by atoms with Crippen molar-refractivity contribution >= 4 is 40.8 Å². The first-order valence-corrected chi connectivity index (χ1v) is 12.8. The van der Waals surface area contributed by atoms with E-state index in [-0.39, 0.29) is 12.1 Å². The first-order chi connectivity index (χ1) is 18.0. The Morgan fingerprint density at radius 1 is 0.973 bits per heavy atom. The molecule has 0 saturated carbocycles. The molecular weight excluding hydrogens is 462 g/mol. The second kappa shape index (κ2) is 10.5. The van der Waals surface area contributed by atoms with Gasteiger partial charge in [0.25, 0.3) is 0 Å². The lowest BCUT2D eigenvalue weighted by atomic mass is 10.1. The van der Waals surface area contributed by atoms with Gasteiger partial charge >= 0.3 is 0 Å². The number of fused-ring (bicyclic) bond motifs is 2. The quantitative estimate of drug-likeness (QED) is 0.217. The Morgan fingerprint density at radius 2 is 1.81 bits per heavy atom. The SMILES string of the molecule is C=Nc1c(/C=C\CCC(C)n2cnc3ncccc32)ncn1C(C)Cc1cnc2cnn(C(C)C)c2c1. The fourth-order valence-corrected chi connectivity index (χ4v) is 4.79. The van der Waals surface area contributed by atoms with Gasteiger partial charge in [-0.15, -0.1) is 0 Å². The lowest BCUT2D eigenvalue weighted by Crippen LogP contribution is -2.08. The lowest BCUT2D eigenvalue weighted by Gasteiger charge is -2.15. The standard InChI is InChI=1S/C28H33N9/c1-19(2)37-26-14-22(15-31-24(26)16-34-37)13-21(4)36-17-32-23(28(36)29-5)10-7-6-9-20(3)35-18-33-27-25(35)11-8-12-30-27/h7-8,10-12,14-21H,5-6,9,13H2,1-4H3/b10-7-. The van der Waals surface area contributed by atoms with E-state index in [0.717, 1.165) is 58.5 Å². The molecule has 0 amide bonds. The Bertz CT molecular complexity index is 1550. The maximum Gasteiger partial charge on any atom is 0.177 e. The zero-order chi connectivity index (χ0) is 25.9. The number of allylic oxidation sites excluding steroid dienone is 1. The van der Waals surface area contributed by atoms with Crippen molar-refractivity contribution in [2.75, 3.05) is 0 Å². The number of imidazole rings is 2. The van der Waals surface area contributed by atoms with Crippen LogP contribution in [-0.2, 0) is 6.42 Å². The maximum absolute atomic E-state index is 4.63. The lowest BCUT2D eigenvalue weighted by molar-refractivity contribution is 0.524. The number of hydrogen-bond acceptors (Lipinski definition) is 6. The minimum atomic E-state index is 0.146. The zero-order valence-corrected chi connectivity index (χ0v) is 21.9. The average Bonchev–Trinajstić information content (AvgIpc) is 3.62. The molecule has 0 aliphatic heterocycles. The summed E-state index contributed by atoms with van der Waals surface area (Å²) in [5, 5.41) is 4.48. The summed E-state index contributed by atoms with van der Waals surface area (Å²) in [5.74, 6) is 0.782. The molecule has 5 rings (SSSR count). The van der Waals surface area contributed by atoms with Gasteiger partial charge < -0.3 is 9.13 Å². The number of nitrogens with zero attached hydrogens (tertiary/aromatic N) is 9. The molecule has 9 nitrogen and oxygen atoms in total. The summed E-state index contributed by atoms with van der Waals surface area (Å²) in [6.45, 7) is 12.4. The van der Waals surface area contributed by atoms with Crippen LogP contribution in [0.5, 0.6) is 0 Å². The fraction of sp³-hybridized carbons (Fsp3) is 0.357. The predicted molar refractivity (Wildman–Crippen MR) is 148 cm³/mol. The molecule has 2 unspecified atom stereocenters. The molecule has 0 aliphatic carbocycles. The number of pyridine rings is 2. The van der Waals surface area contributed by atoms with Gasteiger partial charge in [0.1, 0.15) is 11.2 Å². The second-order valence-electron chi connectivity index (χ2n) is 9.83. The second-order valence-corrected chi connectivity index (χ2v) is 9.83. The highest BCUT2D eigenvalue weighted by Gasteiger charge is 2.15. The van der Waals surface area contributed by atoms with Gasteiger partial charge in [-0.25, -0.2) is 19.9 Å². The van der Waals surface area contributed by atoms with Crippen molar-refractivity contribution in [1.82, 2.24) is 38.9 Å². The average molecular weight is 496 g/mol. The Kier molecular flexibility index (Phi) is 6.94.